The monoisotopic (exact) mass is 359 g/mol. The molecule has 3 aromatic rings. The highest BCUT2D eigenvalue weighted by Gasteiger charge is 2.18. The lowest BCUT2D eigenvalue weighted by Crippen LogP contribution is -1.99. The maximum Gasteiger partial charge on any atom is 0.210 e. The molecular formula is C18H18ClN3OS. The lowest BCUT2D eigenvalue weighted by Gasteiger charge is -2.09. The molecule has 6 heteroatoms. The first kappa shape index (κ1) is 16.9. The van der Waals surface area contributed by atoms with Crippen LogP contribution in [0.2, 0.25) is 5.02 Å². The van der Waals surface area contributed by atoms with Crippen LogP contribution in [0.1, 0.15) is 42.0 Å². The summed E-state index contributed by atoms with van der Waals surface area (Å²) >= 11 is 7.45. The van der Waals surface area contributed by atoms with Crippen molar-refractivity contribution in [1.29, 1.82) is 0 Å². The summed E-state index contributed by atoms with van der Waals surface area (Å²) < 4.78 is 0. The Morgan fingerprint density at radius 2 is 1.88 bits per heavy atom. The highest BCUT2D eigenvalue weighted by Crippen LogP contribution is 2.32. The first-order valence-electron chi connectivity index (χ1n) is 7.67. The van der Waals surface area contributed by atoms with Crippen LogP contribution >= 0.6 is 22.9 Å². The first-order valence-corrected chi connectivity index (χ1v) is 8.87. The van der Waals surface area contributed by atoms with Crippen molar-refractivity contribution in [1.82, 2.24) is 10.2 Å². The van der Waals surface area contributed by atoms with Crippen molar-refractivity contribution >= 4 is 33.8 Å². The molecule has 124 valence electrons. The normalized spacial score (nSPS) is 12.4. The second kappa shape index (κ2) is 7.30. The second-order valence-electron chi connectivity index (χ2n) is 5.77. The summed E-state index contributed by atoms with van der Waals surface area (Å²) in [6.45, 7) is 4.31. The van der Waals surface area contributed by atoms with Crippen molar-refractivity contribution < 1.29 is 5.11 Å². The number of aliphatic hydroxyl groups excluding tert-OH is 1. The topological polar surface area (TPSA) is 58.0 Å². The number of benzene rings is 2. The van der Waals surface area contributed by atoms with Crippen LogP contribution in [0.5, 0.6) is 0 Å². The molecule has 1 heterocycles. The predicted octanol–water partition coefficient (Wildman–Crippen LogP) is 5.14. The number of anilines is 2. The van der Waals surface area contributed by atoms with E-state index < -0.39 is 6.10 Å². The molecule has 0 spiro atoms. The van der Waals surface area contributed by atoms with E-state index in [4.69, 9.17) is 11.6 Å². The molecule has 0 saturated heterocycles. The summed E-state index contributed by atoms with van der Waals surface area (Å²) in [6.07, 6.45) is -0.881. The van der Waals surface area contributed by atoms with Crippen molar-refractivity contribution in [2.75, 3.05) is 5.32 Å². The van der Waals surface area contributed by atoms with Gasteiger partial charge in [0.25, 0.3) is 0 Å². The van der Waals surface area contributed by atoms with E-state index in [2.05, 4.69) is 41.5 Å². The van der Waals surface area contributed by atoms with Crippen molar-refractivity contribution in [3.8, 4) is 0 Å². The van der Waals surface area contributed by atoms with Crippen LogP contribution in [0, 0.1) is 0 Å². The molecule has 1 atom stereocenters. The third kappa shape index (κ3) is 3.75. The summed E-state index contributed by atoms with van der Waals surface area (Å²) in [7, 11) is 0. The fourth-order valence-corrected chi connectivity index (χ4v) is 3.33. The Balaban J connectivity index is 1.79. The Kier molecular flexibility index (Phi) is 5.14. The minimum Gasteiger partial charge on any atom is -0.381 e. The van der Waals surface area contributed by atoms with E-state index in [0.717, 1.165) is 5.69 Å². The summed E-state index contributed by atoms with van der Waals surface area (Å²) in [6, 6.07) is 15.4. The molecule has 0 saturated carbocycles. The van der Waals surface area contributed by atoms with E-state index in [1.54, 1.807) is 12.1 Å². The number of aliphatic hydroxyl groups is 1. The van der Waals surface area contributed by atoms with Gasteiger partial charge in [0, 0.05) is 16.3 Å². The molecule has 1 aromatic heterocycles. The first-order chi connectivity index (χ1) is 11.5. The SMILES string of the molecule is CC(C)c1cccc(Nc2nnc(C(O)c3ccccc3Cl)s2)c1. The predicted molar refractivity (Wildman–Crippen MR) is 99.2 cm³/mol. The van der Waals surface area contributed by atoms with Gasteiger partial charge in [-0.3, -0.25) is 0 Å². The molecule has 2 aromatic carbocycles. The molecule has 0 fully saturated rings. The van der Waals surface area contributed by atoms with Crippen LogP contribution in [-0.2, 0) is 0 Å². The molecule has 0 amide bonds. The molecule has 3 rings (SSSR count). The number of hydrogen-bond acceptors (Lipinski definition) is 5. The van der Waals surface area contributed by atoms with Crippen LogP contribution in [0.3, 0.4) is 0 Å². The smallest absolute Gasteiger partial charge is 0.210 e. The fourth-order valence-electron chi connectivity index (χ4n) is 2.32. The van der Waals surface area contributed by atoms with Crippen molar-refractivity contribution in [2.24, 2.45) is 0 Å². The quantitative estimate of drug-likeness (QED) is 0.662. The molecular weight excluding hydrogens is 342 g/mol. The van der Waals surface area contributed by atoms with E-state index in [-0.39, 0.29) is 0 Å². The summed E-state index contributed by atoms with van der Waals surface area (Å²) in [5.41, 5.74) is 2.83. The zero-order chi connectivity index (χ0) is 17.1. The highest BCUT2D eigenvalue weighted by atomic mass is 35.5. The number of nitrogens with one attached hydrogen (secondary N) is 1. The van der Waals surface area contributed by atoms with Crippen LogP contribution < -0.4 is 5.32 Å². The molecule has 0 bridgehead atoms. The molecule has 0 aliphatic carbocycles. The zero-order valence-corrected chi connectivity index (χ0v) is 15.0. The van der Waals surface area contributed by atoms with E-state index in [1.807, 2.05) is 24.3 Å². The van der Waals surface area contributed by atoms with Gasteiger partial charge in [0.1, 0.15) is 6.10 Å². The number of hydrogen-bond donors (Lipinski definition) is 2. The van der Waals surface area contributed by atoms with E-state index in [1.165, 1.54) is 16.9 Å². The lowest BCUT2D eigenvalue weighted by molar-refractivity contribution is 0.219. The van der Waals surface area contributed by atoms with Gasteiger partial charge in [-0.2, -0.15) is 0 Å². The van der Waals surface area contributed by atoms with E-state index in [9.17, 15) is 5.11 Å². The minimum atomic E-state index is -0.881. The van der Waals surface area contributed by atoms with Gasteiger partial charge in [-0.15, -0.1) is 10.2 Å². The number of rotatable bonds is 5. The van der Waals surface area contributed by atoms with Crippen LogP contribution in [0.4, 0.5) is 10.8 Å². The summed E-state index contributed by atoms with van der Waals surface area (Å²) in [5, 5.41) is 23.6. The van der Waals surface area contributed by atoms with Gasteiger partial charge in [-0.1, -0.05) is 67.1 Å². The maximum atomic E-state index is 10.5. The van der Waals surface area contributed by atoms with Gasteiger partial charge in [0.15, 0.2) is 5.01 Å². The zero-order valence-electron chi connectivity index (χ0n) is 13.4. The molecule has 24 heavy (non-hydrogen) atoms. The van der Waals surface area contributed by atoms with Gasteiger partial charge in [0.05, 0.1) is 0 Å². The van der Waals surface area contributed by atoms with Gasteiger partial charge < -0.3 is 10.4 Å². The molecule has 0 radical (unpaired) electrons. The standard InChI is InChI=1S/C18H18ClN3OS/c1-11(2)12-6-5-7-13(10-12)20-18-22-21-17(24-18)16(23)14-8-3-4-9-15(14)19/h3-11,16,23H,1-2H3,(H,20,22). The Morgan fingerprint density at radius 1 is 1.08 bits per heavy atom. The number of aromatic nitrogens is 2. The van der Waals surface area contributed by atoms with Gasteiger partial charge in [0.2, 0.25) is 5.13 Å². The molecule has 0 aliphatic heterocycles. The second-order valence-corrected chi connectivity index (χ2v) is 7.19. The van der Waals surface area contributed by atoms with Crippen LogP contribution in [0.15, 0.2) is 48.5 Å². The third-order valence-electron chi connectivity index (χ3n) is 3.68. The van der Waals surface area contributed by atoms with Crippen LogP contribution in [-0.4, -0.2) is 15.3 Å². The van der Waals surface area contributed by atoms with Crippen molar-refractivity contribution in [2.45, 2.75) is 25.9 Å². The van der Waals surface area contributed by atoms with Gasteiger partial charge in [-0.05, 0) is 29.7 Å². The third-order valence-corrected chi connectivity index (χ3v) is 4.91. The average molecular weight is 360 g/mol. The summed E-state index contributed by atoms with van der Waals surface area (Å²) in [5.74, 6) is 0.457. The van der Waals surface area contributed by atoms with E-state index >= 15 is 0 Å². The molecule has 0 aliphatic rings. The largest absolute Gasteiger partial charge is 0.381 e. The highest BCUT2D eigenvalue weighted by molar-refractivity contribution is 7.15. The Hall–Kier alpha value is -1.95. The average Bonchev–Trinajstić information content (AvgIpc) is 3.03. The van der Waals surface area contributed by atoms with Crippen LogP contribution in [0.25, 0.3) is 0 Å². The number of halogens is 1. The summed E-state index contributed by atoms with van der Waals surface area (Å²) in [4.78, 5) is 0. The Morgan fingerprint density at radius 3 is 2.62 bits per heavy atom. The lowest BCUT2D eigenvalue weighted by atomic mass is 10.0. The van der Waals surface area contributed by atoms with Crippen molar-refractivity contribution in [3.05, 3.63) is 69.7 Å². The Labute approximate surface area is 150 Å². The van der Waals surface area contributed by atoms with Gasteiger partial charge in [-0.25, -0.2) is 0 Å². The minimum absolute atomic E-state index is 0.457. The van der Waals surface area contributed by atoms with E-state index in [0.29, 0.717) is 26.6 Å². The maximum absolute atomic E-state index is 10.5. The molecule has 4 nitrogen and oxygen atoms in total. The van der Waals surface area contributed by atoms with Crippen molar-refractivity contribution in [3.63, 3.8) is 0 Å². The fraction of sp³-hybridized carbons (Fsp3) is 0.222. The molecule has 1 unspecified atom stereocenters. The number of nitrogens with zero attached hydrogens (tertiary/aromatic N) is 2. The molecule has 2 N–H and O–H groups in total. The Bertz CT molecular complexity index is 834. The van der Waals surface area contributed by atoms with Gasteiger partial charge >= 0.3 is 0 Å².